The number of Topliss-reactive ketones (excluding diaryl/α,β-unsaturated/α-hetero) is 1. The lowest BCUT2D eigenvalue weighted by molar-refractivity contribution is -0.938. The molecule has 0 aliphatic carbocycles. The Labute approximate surface area is 244 Å². The van der Waals surface area contributed by atoms with Crippen molar-refractivity contribution in [2.45, 2.75) is 25.5 Å². The molecule has 2 bridgehead atoms. The van der Waals surface area contributed by atoms with Crippen LogP contribution in [0.15, 0.2) is 53.9 Å². The highest BCUT2D eigenvalue weighted by Crippen LogP contribution is 2.36. The van der Waals surface area contributed by atoms with Crippen molar-refractivity contribution in [2.24, 2.45) is 5.92 Å². The van der Waals surface area contributed by atoms with Gasteiger partial charge in [0.1, 0.15) is 18.9 Å². The van der Waals surface area contributed by atoms with Gasteiger partial charge in [-0.05, 0) is 47.3 Å². The molecule has 1 atom stereocenters. The predicted molar refractivity (Wildman–Crippen MR) is 146 cm³/mol. The first-order valence-electron chi connectivity index (χ1n) is 12.9. The van der Waals surface area contributed by atoms with E-state index in [-0.39, 0.29) is 29.5 Å². The zero-order valence-corrected chi connectivity index (χ0v) is 24.1. The van der Waals surface area contributed by atoms with Gasteiger partial charge >= 0.3 is 6.09 Å². The van der Waals surface area contributed by atoms with Crippen molar-refractivity contribution in [3.8, 4) is 0 Å². The Morgan fingerprint density at radius 1 is 1.05 bits per heavy atom. The van der Waals surface area contributed by atoms with Crippen LogP contribution < -0.4 is 4.90 Å². The average molecular weight is 629 g/mol. The number of ether oxygens (including phenoxy) is 1. The van der Waals surface area contributed by atoms with Crippen LogP contribution in [-0.4, -0.2) is 67.9 Å². The Morgan fingerprint density at radius 3 is 2.26 bits per heavy atom. The summed E-state index contributed by atoms with van der Waals surface area (Å²) >= 11 is 1.40. The summed E-state index contributed by atoms with van der Waals surface area (Å²) in [6.07, 6.45) is 0.919. The highest BCUT2D eigenvalue weighted by molar-refractivity contribution is 7.84. The second-order valence-electron chi connectivity index (χ2n) is 10.4. The van der Waals surface area contributed by atoms with Gasteiger partial charge in [-0.3, -0.25) is 9.69 Å². The standard InChI is InChI=1S/C27H25F4N2O3S.CH4O3S/c28-19-3-1-4-20(13-19)32(14-17-11-21(29)26(31)22(30)12-17)27(35)36-24-16-33(8-6-18(24)7-9-33)15-23(34)25-5-2-10-37-25;1-5(2,3)4/h1-5,10-13,18,24H,6-9,14-16H2;1H3,(H,2,3,4)/q+1;/p-1. The van der Waals surface area contributed by atoms with Crippen LogP contribution in [0.25, 0.3) is 0 Å². The minimum absolute atomic E-state index is 0.0171. The van der Waals surface area contributed by atoms with Gasteiger partial charge in [0.2, 0.25) is 5.78 Å². The molecule has 0 spiro atoms. The Morgan fingerprint density at radius 2 is 1.69 bits per heavy atom. The van der Waals surface area contributed by atoms with Crippen LogP contribution in [0.4, 0.5) is 28.0 Å². The monoisotopic (exact) mass is 628 g/mol. The minimum atomic E-state index is -3.92. The normalized spacial score (nSPS) is 21.3. The van der Waals surface area contributed by atoms with Crippen LogP contribution >= 0.6 is 11.3 Å². The molecule has 0 saturated carbocycles. The summed E-state index contributed by atoms with van der Waals surface area (Å²) in [6.45, 7) is 2.08. The van der Waals surface area contributed by atoms with E-state index in [1.165, 1.54) is 29.5 Å². The van der Waals surface area contributed by atoms with Gasteiger partial charge in [0.05, 0.1) is 40.3 Å². The van der Waals surface area contributed by atoms with E-state index in [1.807, 2.05) is 11.4 Å². The number of halogens is 4. The van der Waals surface area contributed by atoms with E-state index in [0.717, 1.165) is 49.0 Å². The quantitative estimate of drug-likeness (QED) is 0.119. The third-order valence-corrected chi connectivity index (χ3v) is 8.20. The maximum absolute atomic E-state index is 14.0. The fourth-order valence-corrected chi connectivity index (χ4v) is 6.03. The summed E-state index contributed by atoms with van der Waals surface area (Å²) < 4.78 is 88.8. The Balaban J connectivity index is 0.000000748. The SMILES string of the molecule is CS(=O)(=O)[O-].O=C(C[N+]12CCC(CC1)C(OC(=O)N(Cc1cc(F)c(F)c(F)c1)c1cccc(F)c1)C2)c1cccs1. The summed E-state index contributed by atoms with van der Waals surface area (Å²) in [5, 5.41) is 1.86. The largest absolute Gasteiger partial charge is 0.748 e. The number of nitrogens with zero attached hydrogens (tertiary/aromatic N) is 2. The first kappa shape index (κ1) is 31.6. The third kappa shape index (κ3) is 8.15. The van der Waals surface area contributed by atoms with Crippen LogP contribution in [0, 0.1) is 29.2 Å². The molecule has 3 fully saturated rings. The molecule has 1 amide bonds. The molecule has 4 heterocycles. The van der Waals surface area contributed by atoms with E-state index in [0.29, 0.717) is 28.7 Å². The maximum Gasteiger partial charge on any atom is 0.415 e. The van der Waals surface area contributed by atoms with Gasteiger partial charge in [-0.25, -0.2) is 30.8 Å². The molecule has 226 valence electrons. The zero-order chi connectivity index (χ0) is 30.7. The topological polar surface area (TPSA) is 104 Å². The van der Waals surface area contributed by atoms with E-state index < -0.39 is 45.6 Å². The van der Waals surface area contributed by atoms with Crippen molar-refractivity contribution in [1.29, 1.82) is 0 Å². The molecule has 1 unspecified atom stereocenters. The van der Waals surface area contributed by atoms with Crippen molar-refractivity contribution in [1.82, 2.24) is 0 Å². The van der Waals surface area contributed by atoms with Crippen molar-refractivity contribution in [3.05, 3.63) is 87.6 Å². The smallest absolute Gasteiger partial charge is 0.415 e. The number of hydrogen-bond acceptors (Lipinski definition) is 7. The number of fused-ring (bicyclic) bond motifs is 3. The first-order chi connectivity index (χ1) is 19.7. The van der Waals surface area contributed by atoms with Gasteiger partial charge in [-0.2, -0.15) is 0 Å². The van der Waals surface area contributed by atoms with E-state index in [2.05, 4.69) is 0 Å². The van der Waals surface area contributed by atoms with Crippen LogP contribution in [-0.2, 0) is 21.4 Å². The summed E-state index contributed by atoms with van der Waals surface area (Å²) in [6, 6.07) is 10.4. The van der Waals surface area contributed by atoms with Gasteiger partial charge in [-0.1, -0.05) is 12.1 Å². The molecule has 6 rings (SSSR count). The zero-order valence-electron chi connectivity index (χ0n) is 22.5. The maximum atomic E-state index is 14.0. The lowest BCUT2D eigenvalue weighted by Crippen LogP contribution is -2.66. The van der Waals surface area contributed by atoms with Crippen molar-refractivity contribution in [2.75, 3.05) is 37.3 Å². The number of thiophene rings is 1. The molecule has 42 heavy (non-hydrogen) atoms. The summed E-state index contributed by atoms with van der Waals surface area (Å²) in [7, 11) is -3.92. The highest BCUT2D eigenvalue weighted by atomic mass is 32.2. The molecule has 3 aromatic rings. The second-order valence-corrected chi connectivity index (χ2v) is 12.8. The number of carbonyl (C=O) groups is 2. The van der Waals surface area contributed by atoms with Gasteiger partial charge in [0, 0.05) is 25.0 Å². The molecule has 0 radical (unpaired) electrons. The molecule has 0 N–H and O–H groups in total. The summed E-state index contributed by atoms with van der Waals surface area (Å²) in [5.74, 6) is -4.81. The minimum Gasteiger partial charge on any atom is -0.748 e. The molecular formula is C28H28F4N2O6S2. The van der Waals surface area contributed by atoms with Crippen molar-refractivity contribution < 1.29 is 49.3 Å². The van der Waals surface area contributed by atoms with E-state index in [9.17, 15) is 27.2 Å². The summed E-state index contributed by atoms with van der Waals surface area (Å²) in [4.78, 5) is 28.0. The molecule has 14 heteroatoms. The third-order valence-electron chi connectivity index (χ3n) is 7.29. The lowest BCUT2D eigenvalue weighted by Gasteiger charge is -2.51. The van der Waals surface area contributed by atoms with Crippen LogP contribution in [0.1, 0.15) is 28.1 Å². The molecule has 2 aromatic carbocycles. The number of rotatable bonds is 7. The number of quaternary nitrogens is 1. The van der Waals surface area contributed by atoms with E-state index in [1.54, 1.807) is 6.07 Å². The molecule has 3 aliphatic heterocycles. The first-order valence-corrected chi connectivity index (χ1v) is 15.6. The Bertz CT molecular complexity index is 1510. The van der Waals surface area contributed by atoms with E-state index in [4.69, 9.17) is 17.7 Å². The predicted octanol–water partition coefficient (Wildman–Crippen LogP) is 5.10. The van der Waals surface area contributed by atoms with Crippen LogP contribution in [0.3, 0.4) is 0 Å². The lowest BCUT2D eigenvalue weighted by atomic mass is 9.83. The number of ketones is 1. The van der Waals surface area contributed by atoms with Gasteiger partial charge in [0.25, 0.3) is 0 Å². The number of amides is 1. The van der Waals surface area contributed by atoms with E-state index >= 15 is 0 Å². The average Bonchev–Trinajstić information content (AvgIpc) is 3.45. The number of anilines is 1. The highest BCUT2D eigenvalue weighted by Gasteiger charge is 2.49. The number of hydrogen-bond donors (Lipinski definition) is 0. The van der Waals surface area contributed by atoms with Crippen molar-refractivity contribution in [3.63, 3.8) is 0 Å². The Kier molecular flexibility index (Phi) is 9.70. The molecule has 1 aromatic heterocycles. The number of piperidine rings is 3. The Hall–Kier alpha value is -3.33. The number of benzene rings is 2. The molecule has 3 saturated heterocycles. The van der Waals surface area contributed by atoms with Gasteiger partial charge in [-0.15, -0.1) is 11.3 Å². The van der Waals surface area contributed by atoms with Crippen LogP contribution in [0.2, 0.25) is 0 Å². The second kappa shape index (κ2) is 12.9. The fourth-order valence-electron chi connectivity index (χ4n) is 5.38. The number of carbonyl (C=O) groups excluding carboxylic acids is 2. The van der Waals surface area contributed by atoms with Gasteiger partial charge in [0.15, 0.2) is 23.6 Å². The molecular weight excluding hydrogens is 600 g/mol. The van der Waals surface area contributed by atoms with Crippen molar-refractivity contribution >= 4 is 39.0 Å². The van der Waals surface area contributed by atoms with Gasteiger partial charge < -0.3 is 13.8 Å². The molecule has 3 aliphatic rings. The van der Waals surface area contributed by atoms with Crippen LogP contribution in [0.5, 0.6) is 0 Å². The summed E-state index contributed by atoms with van der Waals surface area (Å²) in [5.41, 5.74) is 0.116. The molecule has 8 nitrogen and oxygen atoms in total. The fraction of sp³-hybridized carbons (Fsp3) is 0.357.